The summed E-state index contributed by atoms with van der Waals surface area (Å²) in [4.78, 5) is 28.2. The van der Waals surface area contributed by atoms with Gasteiger partial charge < -0.3 is 24.4 Å². The third-order valence-corrected chi connectivity index (χ3v) is 10.2. The quantitative estimate of drug-likeness (QED) is 0.201. The minimum absolute atomic E-state index is 0.0139. The Morgan fingerprint density at radius 3 is 2.33 bits per heavy atom. The van der Waals surface area contributed by atoms with Crippen LogP contribution in [0.1, 0.15) is 64.7 Å². The molecule has 2 fully saturated rings. The molecule has 46 heavy (non-hydrogen) atoms. The molecule has 1 N–H and O–H groups in total. The molecular formula is C39H40N2O5. The molecule has 0 spiro atoms. The molecule has 1 amide bonds. The lowest BCUT2D eigenvalue weighted by molar-refractivity contribution is -0.0137. The summed E-state index contributed by atoms with van der Waals surface area (Å²) >= 11 is 0. The van der Waals surface area contributed by atoms with E-state index in [0.717, 1.165) is 48.2 Å². The first kappa shape index (κ1) is 29.9. The number of ether oxygens (including phenoxy) is 3. The number of likely N-dealkylation sites (tertiary alicyclic amines) is 1. The van der Waals surface area contributed by atoms with Gasteiger partial charge in [-0.15, -0.1) is 0 Å². The summed E-state index contributed by atoms with van der Waals surface area (Å²) in [5, 5.41) is 3.52. The molecule has 4 aromatic carbocycles. The van der Waals surface area contributed by atoms with Crippen LogP contribution in [0.15, 0.2) is 97.1 Å². The molecule has 4 aromatic rings. The van der Waals surface area contributed by atoms with Crippen molar-refractivity contribution in [1.29, 1.82) is 0 Å². The van der Waals surface area contributed by atoms with Gasteiger partial charge in [0.1, 0.15) is 19.0 Å². The van der Waals surface area contributed by atoms with E-state index in [0.29, 0.717) is 30.3 Å². The molecular weight excluding hydrogens is 576 g/mol. The van der Waals surface area contributed by atoms with Crippen LogP contribution in [0.5, 0.6) is 5.75 Å². The Balaban J connectivity index is 1.25. The molecule has 2 aliphatic carbocycles. The van der Waals surface area contributed by atoms with Crippen molar-refractivity contribution < 1.29 is 23.8 Å². The SMILES string of the molecule is COC(=O)c1ccccc1Nc1cc2c(cc1OCc1ccccc1)[C@]13CCCC[C@@H]1[C@H](C2)N(C(=O)OCc1ccccc1)CC3. The topological polar surface area (TPSA) is 77.1 Å². The smallest absolute Gasteiger partial charge is 0.410 e. The lowest BCUT2D eigenvalue weighted by Gasteiger charge is -2.58. The van der Waals surface area contributed by atoms with E-state index in [9.17, 15) is 9.59 Å². The molecule has 3 atom stereocenters. The van der Waals surface area contributed by atoms with E-state index >= 15 is 0 Å². The Kier molecular flexibility index (Phi) is 8.39. The van der Waals surface area contributed by atoms with Crippen molar-refractivity contribution in [2.24, 2.45) is 5.92 Å². The third kappa shape index (κ3) is 5.70. The Labute approximate surface area is 270 Å². The first-order valence-electron chi connectivity index (χ1n) is 16.3. The van der Waals surface area contributed by atoms with Crippen molar-refractivity contribution in [3.63, 3.8) is 0 Å². The maximum absolute atomic E-state index is 13.6. The van der Waals surface area contributed by atoms with E-state index in [4.69, 9.17) is 14.2 Å². The summed E-state index contributed by atoms with van der Waals surface area (Å²) < 4.78 is 17.5. The maximum Gasteiger partial charge on any atom is 0.410 e. The van der Waals surface area contributed by atoms with Crippen LogP contribution in [0.4, 0.5) is 16.2 Å². The fourth-order valence-corrected chi connectivity index (χ4v) is 8.05. The number of carbonyl (C=O) groups excluding carboxylic acids is 2. The number of methoxy groups -OCH3 is 1. The summed E-state index contributed by atoms with van der Waals surface area (Å²) in [5.74, 6) is 0.715. The molecule has 236 valence electrons. The summed E-state index contributed by atoms with van der Waals surface area (Å²) in [6.45, 7) is 1.37. The largest absolute Gasteiger partial charge is 0.487 e. The number of anilines is 2. The maximum atomic E-state index is 13.6. The second-order valence-electron chi connectivity index (χ2n) is 12.7. The molecule has 7 rings (SSSR count). The summed E-state index contributed by atoms with van der Waals surface area (Å²) in [7, 11) is 1.39. The first-order valence-corrected chi connectivity index (χ1v) is 16.3. The molecule has 1 aliphatic heterocycles. The van der Waals surface area contributed by atoms with E-state index < -0.39 is 5.97 Å². The highest BCUT2D eigenvalue weighted by Crippen LogP contribution is 2.57. The number of carbonyl (C=O) groups is 2. The van der Waals surface area contributed by atoms with E-state index in [2.05, 4.69) is 29.6 Å². The van der Waals surface area contributed by atoms with Gasteiger partial charge in [0.15, 0.2) is 0 Å². The fourth-order valence-electron chi connectivity index (χ4n) is 8.05. The average Bonchev–Trinajstić information content (AvgIpc) is 3.10. The van der Waals surface area contributed by atoms with Gasteiger partial charge in [-0.05, 0) is 78.1 Å². The highest BCUT2D eigenvalue weighted by Gasteiger charge is 2.55. The van der Waals surface area contributed by atoms with Crippen LogP contribution in [0, 0.1) is 5.92 Å². The van der Waals surface area contributed by atoms with Gasteiger partial charge in [0, 0.05) is 18.0 Å². The average molecular weight is 617 g/mol. The van der Waals surface area contributed by atoms with Crippen molar-refractivity contribution in [3.8, 4) is 5.75 Å². The minimum Gasteiger partial charge on any atom is -0.487 e. The molecule has 1 saturated heterocycles. The van der Waals surface area contributed by atoms with E-state index in [-0.39, 0.29) is 24.2 Å². The first-order chi connectivity index (χ1) is 22.6. The Morgan fingerprint density at radius 1 is 0.848 bits per heavy atom. The summed E-state index contributed by atoms with van der Waals surface area (Å²) in [6, 6.07) is 31.9. The van der Waals surface area contributed by atoms with Crippen LogP contribution >= 0.6 is 0 Å². The number of benzene rings is 4. The Morgan fingerprint density at radius 2 is 1.57 bits per heavy atom. The van der Waals surface area contributed by atoms with Gasteiger partial charge in [0.2, 0.25) is 0 Å². The number of fused-ring (bicyclic) bond motifs is 1. The zero-order valence-corrected chi connectivity index (χ0v) is 26.2. The molecule has 1 heterocycles. The molecule has 0 unspecified atom stereocenters. The Bertz CT molecular complexity index is 1710. The number of piperidine rings is 1. The van der Waals surface area contributed by atoms with Gasteiger partial charge in [-0.1, -0.05) is 85.6 Å². The number of para-hydroxylation sites is 1. The molecule has 0 aromatic heterocycles. The lowest BCUT2D eigenvalue weighted by Crippen LogP contribution is -2.62. The van der Waals surface area contributed by atoms with E-state index in [1.54, 1.807) is 6.07 Å². The summed E-state index contributed by atoms with van der Waals surface area (Å²) in [5.41, 5.74) is 6.50. The zero-order chi connectivity index (χ0) is 31.5. The van der Waals surface area contributed by atoms with Gasteiger partial charge in [0.05, 0.1) is 24.0 Å². The number of hydrogen-bond donors (Lipinski definition) is 1. The summed E-state index contributed by atoms with van der Waals surface area (Å²) in [6.07, 6.45) is 5.96. The molecule has 7 nitrogen and oxygen atoms in total. The van der Waals surface area contributed by atoms with Crippen molar-refractivity contribution in [3.05, 3.63) is 125 Å². The van der Waals surface area contributed by atoms with Crippen molar-refractivity contribution in [2.45, 2.75) is 63.2 Å². The van der Waals surface area contributed by atoms with Gasteiger partial charge in [-0.25, -0.2) is 9.59 Å². The van der Waals surface area contributed by atoms with Gasteiger partial charge in [-0.2, -0.15) is 0 Å². The van der Waals surface area contributed by atoms with Crippen molar-refractivity contribution >= 4 is 23.4 Å². The van der Waals surface area contributed by atoms with Gasteiger partial charge >= 0.3 is 12.1 Å². The predicted octanol–water partition coefficient (Wildman–Crippen LogP) is 8.19. The number of rotatable bonds is 8. The molecule has 7 heteroatoms. The lowest BCUT2D eigenvalue weighted by atomic mass is 9.52. The predicted molar refractivity (Wildman–Crippen MR) is 177 cm³/mol. The highest BCUT2D eigenvalue weighted by atomic mass is 16.6. The fraction of sp³-hybridized carbons (Fsp3) is 0.333. The molecule has 3 aliphatic rings. The second-order valence-corrected chi connectivity index (χ2v) is 12.7. The van der Waals surface area contributed by atoms with Crippen LogP contribution in [-0.4, -0.2) is 36.7 Å². The van der Waals surface area contributed by atoms with Gasteiger partial charge in [0.25, 0.3) is 0 Å². The third-order valence-electron chi connectivity index (χ3n) is 10.2. The molecule has 2 bridgehead atoms. The van der Waals surface area contributed by atoms with Crippen LogP contribution in [0.3, 0.4) is 0 Å². The van der Waals surface area contributed by atoms with Crippen molar-refractivity contribution in [1.82, 2.24) is 4.90 Å². The molecule has 0 radical (unpaired) electrons. The number of nitrogens with zero attached hydrogens (tertiary/aromatic N) is 1. The monoisotopic (exact) mass is 616 g/mol. The minimum atomic E-state index is -0.407. The number of hydrogen-bond acceptors (Lipinski definition) is 6. The van der Waals surface area contributed by atoms with E-state index in [1.165, 1.54) is 31.1 Å². The normalized spacial score (nSPS) is 21.4. The second kappa shape index (κ2) is 12.9. The van der Waals surface area contributed by atoms with E-state index in [1.807, 2.05) is 71.6 Å². The number of esters is 1. The zero-order valence-electron chi connectivity index (χ0n) is 26.2. The molecule has 1 saturated carbocycles. The number of nitrogens with one attached hydrogen (secondary N) is 1. The van der Waals surface area contributed by atoms with Gasteiger partial charge in [-0.3, -0.25) is 0 Å². The van der Waals surface area contributed by atoms with Crippen LogP contribution in [0.25, 0.3) is 0 Å². The Hall–Kier alpha value is -4.78. The highest BCUT2D eigenvalue weighted by molar-refractivity contribution is 5.96. The standard InChI is InChI=1S/C39H40N2O5/c1-44-37(42)30-16-8-9-18-33(30)40-34-22-29-23-35-31-17-10-11-19-39(31,32(29)24-36(34)45-25-27-12-4-2-5-13-27)20-21-41(35)38(43)46-26-28-14-6-3-7-15-28/h2-9,12-16,18,22,24,31,35,40H,10-11,17,19-21,23,25-26H2,1H3/t31-,35+,39+/m1/s1. The van der Waals surface area contributed by atoms with Crippen molar-refractivity contribution in [2.75, 3.05) is 19.0 Å². The van der Waals surface area contributed by atoms with Crippen LogP contribution in [0.2, 0.25) is 0 Å². The van der Waals surface area contributed by atoms with Crippen LogP contribution in [-0.2, 0) is 34.5 Å². The van der Waals surface area contributed by atoms with Crippen LogP contribution < -0.4 is 10.1 Å². The number of amides is 1.